The number of halogens is 1. The van der Waals surface area contributed by atoms with E-state index in [-0.39, 0.29) is 11.9 Å². The fourth-order valence-corrected chi connectivity index (χ4v) is 2.47. The maximum Gasteiger partial charge on any atom is 0.123 e. The molecule has 1 unspecified atom stereocenters. The Bertz CT molecular complexity index is 576. The van der Waals surface area contributed by atoms with Crippen LogP contribution in [0.5, 0.6) is 0 Å². The van der Waals surface area contributed by atoms with Crippen molar-refractivity contribution >= 4 is 0 Å². The number of aryl methyl sites for hydroxylation is 2. The summed E-state index contributed by atoms with van der Waals surface area (Å²) in [4.78, 5) is 0. The first-order valence-corrected chi connectivity index (χ1v) is 7.71. The molecular weight excluding hydrogens is 265 g/mol. The number of nitrogens with one attached hydrogen (secondary N) is 1. The van der Waals surface area contributed by atoms with Gasteiger partial charge in [-0.2, -0.15) is 0 Å². The zero-order valence-electron chi connectivity index (χ0n) is 13.1. The van der Waals surface area contributed by atoms with Crippen LogP contribution in [0.1, 0.15) is 49.0 Å². The van der Waals surface area contributed by atoms with Crippen LogP contribution < -0.4 is 5.32 Å². The van der Waals surface area contributed by atoms with Crippen LogP contribution in [-0.2, 0) is 12.8 Å². The molecule has 1 heterocycles. The van der Waals surface area contributed by atoms with E-state index in [1.165, 1.54) is 6.07 Å². The van der Waals surface area contributed by atoms with Crippen LogP contribution in [0, 0.1) is 12.7 Å². The third-order valence-electron chi connectivity index (χ3n) is 3.74. The van der Waals surface area contributed by atoms with Gasteiger partial charge in [-0.3, -0.25) is 0 Å². The SMILES string of the molecule is CCCNC(Cc1ccc(F)cc1C)c1ccc(CC)o1. The van der Waals surface area contributed by atoms with E-state index in [1.807, 2.05) is 25.1 Å². The van der Waals surface area contributed by atoms with Crippen molar-refractivity contribution < 1.29 is 8.81 Å². The average Bonchev–Trinajstić information content (AvgIpc) is 2.94. The van der Waals surface area contributed by atoms with Gasteiger partial charge in [-0.25, -0.2) is 4.39 Å². The van der Waals surface area contributed by atoms with Crippen molar-refractivity contribution in [1.29, 1.82) is 0 Å². The van der Waals surface area contributed by atoms with E-state index in [2.05, 4.69) is 19.2 Å². The van der Waals surface area contributed by atoms with Gasteiger partial charge in [-0.1, -0.05) is 19.9 Å². The largest absolute Gasteiger partial charge is 0.464 e. The van der Waals surface area contributed by atoms with Crippen molar-refractivity contribution in [3.05, 3.63) is 58.8 Å². The Balaban J connectivity index is 2.19. The second-order valence-corrected chi connectivity index (χ2v) is 5.44. The summed E-state index contributed by atoms with van der Waals surface area (Å²) in [6.07, 6.45) is 2.78. The Morgan fingerprint density at radius 1 is 1.19 bits per heavy atom. The van der Waals surface area contributed by atoms with E-state index >= 15 is 0 Å². The quantitative estimate of drug-likeness (QED) is 0.807. The Labute approximate surface area is 126 Å². The first kappa shape index (κ1) is 15.8. The fourth-order valence-electron chi connectivity index (χ4n) is 2.47. The molecular formula is C18H24FNO. The highest BCUT2D eigenvalue weighted by Gasteiger charge is 2.16. The van der Waals surface area contributed by atoms with Gasteiger partial charge < -0.3 is 9.73 Å². The summed E-state index contributed by atoms with van der Waals surface area (Å²) in [7, 11) is 0. The lowest BCUT2D eigenvalue weighted by molar-refractivity contribution is 0.392. The zero-order valence-corrected chi connectivity index (χ0v) is 13.1. The summed E-state index contributed by atoms with van der Waals surface area (Å²) in [6, 6.07) is 9.20. The molecule has 1 N–H and O–H groups in total. The molecule has 0 aliphatic heterocycles. The summed E-state index contributed by atoms with van der Waals surface area (Å²) in [5, 5.41) is 3.53. The van der Waals surface area contributed by atoms with Crippen molar-refractivity contribution in [2.24, 2.45) is 0 Å². The Hall–Kier alpha value is -1.61. The van der Waals surface area contributed by atoms with E-state index in [1.54, 1.807) is 6.07 Å². The summed E-state index contributed by atoms with van der Waals surface area (Å²) in [5.74, 6) is 1.79. The molecule has 2 aromatic rings. The Morgan fingerprint density at radius 3 is 2.62 bits per heavy atom. The van der Waals surface area contributed by atoms with Gasteiger partial charge in [0.05, 0.1) is 6.04 Å². The molecule has 0 bridgehead atoms. The molecule has 3 heteroatoms. The molecule has 1 aromatic heterocycles. The van der Waals surface area contributed by atoms with E-state index in [0.29, 0.717) is 0 Å². The number of rotatable bonds is 7. The minimum atomic E-state index is -0.180. The lowest BCUT2D eigenvalue weighted by Gasteiger charge is -2.18. The van der Waals surface area contributed by atoms with Crippen LogP contribution in [0.2, 0.25) is 0 Å². The monoisotopic (exact) mass is 289 g/mol. The molecule has 0 aliphatic carbocycles. The molecule has 2 nitrogen and oxygen atoms in total. The smallest absolute Gasteiger partial charge is 0.123 e. The minimum absolute atomic E-state index is 0.134. The fraction of sp³-hybridized carbons (Fsp3) is 0.444. The van der Waals surface area contributed by atoms with Gasteiger partial charge >= 0.3 is 0 Å². The number of hydrogen-bond acceptors (Lipinski definition) is 2. The zero-order chi connectivity index (χ0) is 15.2. The molecule has 0 spiro atoms. The first-order chi connectivity index (χ1) is 10.1. The third-order valence-corrected chi connectivity index (χ3v) is 3.74. The predicted molar refractivity (Wildman–Crippen MR) is 84.0 cm³/mol. The number of hydrogen-bond donors (Lipinski definition) is 1. The van der Waals surface area contributed by atoms with E-state index in [0.717, 1.165) is 48.5 Å². The second kappa shape index (κ2) is 7.41. The molecule has 0 radical (unpaired) electrons. The molecule has 0 saturated carbocycles. The molecule has 2 rings (SSSR count). The Kier molecular flexibility index (Phi) is 5.57. The van der Waals surface area contributed by atoms with Crippen LogP contribution >= 0.6 is 0 Å². The molecule has 21 heavy (non-hydrogen) atoms. The minimum Gasteiger partial charge on any atom is -0.464 e. The van der Waals surface area contributed by atoms with Gasteiger partial charge in [0.15, 0.2) is 0 Å². The van der Waals surface area contributed by atoms with Gasteiger partial charge in [-0.05, 0) is 61.7 Å². The molecule has 0 saturated heterocycles. The number of furan rings is 1. The normalized spacial score (nSPS) is 12.6. The molecule has 1 atom stereocenters. The molecule has 0 amide bonds. The summed E-state index contributed by atoms with van der Waals surface area (Å²) >= 11 is 0. The highest BCUT2D eigenvalue weighted by atomic mass is 19.1. The first-order valence-electron chi connectivity index (χ1n) is 7.71. The highest BCUT2D eigenvalue weighted by molar-refractivity contribution is 5.28. The van der Waals surface area contributed by atoms with Crippen LogP contribution in [0.3, 0.4) is 0 Å². The van der Waals surface area contributed by atoms with Crippen molar-refractivity contribution in [3.63, 3.8) is 0 Å². The van der Waals surface area contributed by atoms with Gasteiger partial charge in [-0.15, -0.1) is 0 Å². The lowest BCUT2D eigenvalue weighted by atomic mass is 9.99. The third kappa shape index (κ3) is 4.18. The predicted octanol–water partition coefficient (Wildman–Crippen LogP) is 4.57. The summed E-state index contributed by atoms with van der Waals surface area (Å²) < 4.78 is 19.1. The maximum absolute atomic E-state index is 13.2. The average molecular weight is 289 g/mol. The van der Waals surface area contributed by atoms with Crippen molar-refractivity contribution in [3.8, 4) is 0 Å². The van der Waals surface area contributed by atoms with Crippen LogP contribution in [0.25, 0.3) is 0 Å². The van der Waals surface area contributed by atoms with Crippen LogP contribution in [-0.4, -0.2) is 6.54 Å². The lowest BCUT2D eigenvalue weighted by Crippen LogP contribution is -2.24. The van der Waals surface area contributed by atoms with Gasteiger partial charge in [0.1, 0.15) is 17.3 Å². The second-order valence-electron chi connectivity index (χ2n) is 5.44. The molecule has 1 aromatic carbocycles. The van der Waals surface area contributed by atoms with Crippen LogP contribution in [0.15, 0.2) is 34.7 Å². The topological polar surface area (TPSA) is 25.2 Å². The molecule has 0 aliphatic rings. The molecule has 0 fully saturated rings. The molecule has 114 valence electrons. The Morgan fingerprint density at radius 2 is 2.00 bits per heavy atom. The van der Waals surface area contributed by atoms with E-state index < -0.39 is 0 Å². The van der Waals surface area contributed by atoms with Gasteiger partial charge in [0.25, 0.3) is 0 Å². The standard InChI is InChI=1S/C18H24FNO/c1-4-10-20-17(18-9-8-16(5-2)21-18)12-14-6-7-15(19)11-13(14)3/h6-9,11,17,20H,4-5,10,12H2,1-3H3. The summed E-state index contributed by atoms with van der Waals surface area (Å²) in [6.45, 7) is 7.12. The summed E-state index contributed by atoms with van der Waals surface area (Å²) in [5.41, 5.74) is 2.14. The number of benzene rings is 1. The van der Waals surface area contributed by atoms with E-state index in [4.69, 9.17) is 4.42 Å². The van der Waals surface area contributed by atoms with Gasteiger partial charge in [0, 0.05) is 6.42 Å². The van der Waals surface area contributed by atoms with Crippen molar-refractivity contribution in [1.82, 2.24) is 5.32 Å². The van der Waals surface area contributed by atoms with E-state index in [9.17, 15) is 4.39 Å². The van der Waals surface area contributed by atoms with Gasteiger partial charge in [0.2, 0.25) is 0 Å². The van der Waals surface area contributed by atoms with Crippen molar-refractivity contribution in [2.45, 2.75) is 46.1 Å². The van der Waals surface area contributed by atoms with Crippen LogP contribution in [0.4, 0.5) is 4.39 Å². The maximum atomic E-state index is 13.2. The van der Waals surface area contributed by atoms with Crippen molar-refractivity contribution in [2.75, 3.05) is 6.54 Å². The highest BCUT2D eigenvalue weighted by Crippen LogP contribution is 2.23.